The summed E-state index contributed by atoms with van der Waals surface area (Å²) < 4.78 is 52.3. The normalized spacial score (nSPS) is 21.5. The van der Waals surface area contributed by atoms with Crippen LogP contribution in [0.2, 0.25) is 0 Å². The van der Waals surface area contributed by atoms with Crippen molar-refractivity contribution in [3.63, 3.8) is 0 Å². The standard InChI is InChI=1S/C49H45N4O.Pt/c1-48(2,3)31-22-23-50-45(26-31)53-43-19-13-12-18-39(43)40-21-20-35(28-44(40)53)54-36-25-32(49(4,5)6)24-34(27-36)52-30-51(33-14-8-7-9-15-33)46-41-29-42(47(46)52)38-17-11-10-16-37(38)41;/h7-26,30,41-42,46-47H,29H2,1-6H3;/q-3;/t41-,42+,46?,47?;/m0./s1/i7D,8D,9D,14D,15D;. The van der Waals surface area contributed by atoms with Gasteiger partial charge in [-0.15, -0.1) is 47.0 Å². The van der Waals surface area contributed by atoms with E-state index in [0.717, 1.165) is 45.3 Å². The summed E-state index contributed by atoms with van der Waals surface area (Å²) in [5.74, 6) is 2.18. The van der Waals surface area contributed by atoms with E-state index in [0.29, 0.717) is 11.5 Å². The molecule has 5 aromatic carbocycles. The van der Waals surface area contributed by atoms with Gasteiger partial charge < -0.3 is 19.1 Å². The van der Waals surface area contributed by atoms with Crippen molar-refractivity contribution in [2.24, 2.45) is 0 Å². The Morgan fingerprint density at radius 2 is 1.42 bits per heavy atom. The molecule has 1 aliphatic heterocycles. The Kier molecular flexibility index (Phi) is 7.25. The van der Waals surface area contributed by atoms with Crippen molar-refractivity contribution in [2.45, 2.75) is 82.7 Å². The van der Waals surface area contributed by atoms with Gasteiger partial charge >= 0.3 is 0 Å². The largest absolute Gasteiger partial charge is 0.519 e. The van der Waals surface area contributed by atoms with Crippen molar-refractivity contribution < 1.29 is 32.7 Å². The zero-order valence-corrected chi connectivity index (χ0v) is 34.0. The zero-order valence-electron chi connectivity index (χ0n) is 36.8. The maximum atomic E-state index is 8.99. The van der Waals surface area contributed by atoms with E-state index in [-0.39, 0.29) is 85.7 Å². The average molecular weight is 906 g/mol. The predicted octanol–water partition coefficient (Wildman–Crippen LogP) is 11.6. The van der Waals surface area contributed by atoms with E-state index in [1.54, 1.807) is 0 Å². The second kappa shape index (κ2) is 13.1. The number of para-hydroxylation sites is 2. The van der Waals surface area contributed by atoms with E-state index >= 15 is 0 Å². The second-order valence-electron chi connectivity index (χ2n) is 17.0. The summed E-state index contributed by atoms with van der Waals surface area (Å²) in [4.78, 5) is 9.01. The molecular formula is C49H45N4OPt-3. The van der Waals surface area contributed by atoms with Crippen LogP contribution in [0.5, 0.6) is 11.5 Å². The Morgan fingerprint density at radius 1 is 0.727 bits per heavy atom. The van der Waals surface area contributed by atoms with E-state index in [4.69, 9.17) is 16.6 Å². The van der Waals surface area contributed by atoms with Crippen molar-refractivity contribution in [1.29, 1.82) is 0 Å². The van der Waals surface area contributed by atoms with Crippen molar-refractivity contribution in [1.82, 2.24) is 9.55 Å². The van der Waals surface area contributed by atoms with Gasteiger partial charge in [0.15, 0.2) is 0 Å². The molecule has 7 aromatic rings. The molecule has 3 aliphatic rings. The third-order valence-corrected chi connectivity index (χ3v) is 11.7. The van der Waals surface area contributed by atoms with Gasteiger partial charge in [0.2, 0.25) is 0 Å². The van der Waals surface area contributed by atoms with Crippen LogP contribution in [0.15, 0.2) is 121 Å². The molecule has 0 radical (unpaired) electrons. The van der Waals surface area contributed by atoms with Crippen LogP contribution in [0.25, 0.3) is 27.6 Å². The number of fused-ring (bicyclic) bond motifs is 11. The number of hydrogen-bond acceptors (Lipinski definition) is 4. The molecule has 55 heavy (non-hydrogen) atoms. The van der Waals surface area contributed by atoms with E-state index in [1.807, 2.05) is 36.0 Å². The third kappa shape index (κ3) is 5.89. The number of nitrogens with zero attached hydrogens (tertiary/aromatic N) is 4. The Morgan fingerprint density at radius 3 is 2.15 bits per heavy atom. The van der Waals surface area contributed by atoms with Crippen LogP contribution < -0.4 is 14.5 Å². The van der Waals surface area contributed by atoms with Crippen molar-refractivity contribution >= 4 is 33.2 Å². The number of ether oxygens (including phenoxy) is 1. The minimum atomic E-state index is -0.396. The van der Waals surface area contributed by atoms with Gasteiger partial charge in [-0.2, -0.15) is 12.7 Å². The maximum absolute atomic E-state index is 8.99. The van der Waals surface area contributed by atoms with Crippen LogP contribution in [0.3, 0.4) is 0 Å². The van der Waals surface area contributed by atoms with Crippen LogP contribution in [0, 0.1) is 18.8 Å². The molecule has 10 rings (SSSR count). The quantitative estimate of drug-likeness (QED) is 0.161. The summed E-state index contributed by atoms with van der Waals surface area (Å²) in [7, 11) is 0. The molecule has 2 unspecified atom stereocenters. The van der Waals surface area contributed by atoms with Gasteiger partial charge in [-0.25, -0.2) is 4.98 Å². The zero-order chi connectivity index (χ0) is 41.3. The molecular weight excluding hydrogens is 856 g/mol. The van der Waals surface area contributed by atoms with Gasteiger partial charge in [0, 0.05) is 73.9 Å². The molecule has 0 spiro atoms. The molecule has 1 saturated heterocycles. The van der Waals surface area contributed by atoms with E-state index < -0.39 is 6.04 Å². The van der Waals surface area contributed by atoms with Gasteiger partial charge in [-0.05, 0) is 69.6 Å². The molecule has 2 bridgehead atoms. The van der Waals surface area contributed by atoms with Crippen LogP contribution >= 0.6 is 0 Å². The molecule has 1 saturated carbocycles. The molecule has 0 amide bonds. The van der Waals surface area contributed by atoms with Crippen LogP contribution in [-0.2, 0) is 31.9 Å². The molecule has 0 N–H and O–H groups in total. The summed E-state index contributed by atoms with van der Waals surface area (Å²) >= 11 is 0. The van der Waals surface area contributed by atoms with E-state index in [1.165, 1.54) is 16.7 Å². The fraction of sp³-hybridized carbons (Fsp3) is 0.265. The van der Waals surface area contributed by atoms with Crippen LogP contribution in [0.1, 0.15) is 88.9 Å². The number of pyridine rings is 1. The molecule has 2 aliphatic carbocycles. The Balaban J connectivity index is 0.00000462. The first-order valence-corrected chi connectivity index (χ1v) is 18.9. The SMILES string of the molecule is [2H]c1c([2H])c([2H])c(N2[CH-]N(c3[c-]c(Oc4[c-]c5c(cc4)c4ccccc4n5-c4cc(C(C)(C)C)ccn4)cc(C(C)(C)C)c3)C3C2[C@H]2C[C@@H]3c3ccccc32)c([2H])c1[2H].[Pt]. The third-order valence-electron chi connectivity index (χ3n) is 11.7. The molecule has 3 heterocycles. The summed E-state index contributed by atoms with van der Waals surface area (Å²) in [6.45, 7) is 15.1. The first-order valence-electron chi connectivity index (χ1n) is 21.4. The number of aromatic nitrogens is 2. The molecule has 6 heteroatoms. The average Bonchev–Trinajstić information content (AvgIpc) is 3.97. The fourth-order valence-corrected chi connectivity index (χ4v) is 9.10. The van der Waals surface area contributed by atoms with Crippen LogP contribution in [-0.4, -0.2) is 21.6 Å². The fourth-order valence-electron chi connectivity index (χ4n) is 9.10. The van der Waals surface area contributed by atoms with Crippen molar-refractivity contribution in [3.8, 4) is 17.3 Å². The number of anilines is 2. The van der Waals surface area contributed by atoms with Gasteiger partial charge in [-0.1, -0.05) is 108 Å². The monoisotopic (exact) mass is 905 g/mol. The van der Waals surface area contributed by atoms with E-state index in [9.17, 15) is 0 Å². The van der Waals surface area contributed by atoms with Gasteiger partial charge in [0.25, 0.3) is 0 Å². The molecule has 5 nitrogen and oxygen atoms in total. The first-order chi connectivity index (χ1) is 28.1. The Bertz CT molecular complexity index is 2830. The predicted molar refractivity (Wildman–Crippen MR) is 220 cm³/mol. The van der Waals surface area contributed by atoms with Crippen LogP contribution in [0.4, 0.5) is 11.4 Å². The Labute approximate surface area is 346 Å². The molecule has 2 aromatic heterocycles. The topological polar surface area (TPSA) is 33.5 Å². The van der Waals surface area contributed by atoms with Crippen molar-refractivity contribution in [2.75, 3.05) is 9.80 Å². The summed E-state index contributed by atoms with van der Waals surface area (Å²) in [5, 5.41) is 2.15. The minimum Gasteiger partial charge on any atom is -0.519 e. The maximum Gasteiger partial charge on any atom is 0.135 e. The van der Waals surface area contributed by atoms with Gasteiger partial charge in [0.05, 0.1) is 6.85 Å². The minimum absolute atomic E-state index is 0. The first kappa shape index (κ1) is 30.4. The smallest absolute Gasteiger partial charge is 0.135 e. The second-order valence-corrected chi connectivity index (χ2v) is 17.0. The summed E-state index contributed by atoms with van der Waals surface area (Å²) in [5.41, 5.74) is 7.40. The molecule has 280 valence electrons. The van der Waals surface area contributed by atoms with E-state index in [2.05, 4.69) is 130 Å². The number of hydrogen-bond donors (Lipinski definition) is 0. The molecule has 2 fully saturated rings. The van der Waals surface area contributed by atoms with Gasteiger partial charge in [0.1, 0.15) is 5.82 Å². The summed E-state index contributed by atoms with van der Waals surface area (Å²) in [6, 6.07) is 34.9. The number of rotatable bonds is 5. The Hall–Kier alpha value is -4.86. The summed E-state index contributed by atoms with van der Waals surface area (Å²) in [6.07, 6.45) is 2.78. The number of benzene rings is 5. The van der Waals surface area contributed by atoms with Gasteiger partial charge in [-0.3, -0.25) is 0 Å². The molecule has 4 atom stereocenters. The van der Waals surface area contributed by atoms with Crippen molar-refractivity contribution in [3.05, 3.63) is 162 Å².